The van der Waals surface area contributed by atoms with Crippen LogP contribution in [0.25, 0.3) is 0 Å². The predicted molar refractivity (Wildman–Crippen MR) is 85.5 cm³/mol. The number of hydrogen-bond acceptors (Lipinski definition) is 4. The summed E-state index contributed by atoms with van der Waals surface area (Å²) in [5.74, 6) is -0.390. The number of piperidine rings is 1. The van der Waals surface area contributed by atoms with E-state index >= 15 is 0 Å². The highest BCUT2D eigenvalue weighted by atomic mass is 16.6. The lowest BCUT2D eigenvalue weighted by Crippen LogP contribution is -2.64. The van der Waals surface area contributed by atoms with E-state index in [1.807, 2.05) is 27.7 Å². The highest BCUT2D eigenvalue weighted by molar-refractivity contribution is 5.87. The van der Waals surface area contributed by atoms with E-state index in [4.69, 9.17) is 9.47 Å². The zero-order valence-corrected chi connectivity index (χ0v) is 14.3. The van der Waals surface area contributed by atoms with Crippen LogP contribution in [0.4, 0.5) is 4.79 Å². The molecule has 1 aliphatic rings. The molecule has 0 aromatic rings. The van der Waals surface area contributed by atoms with Gasteiger partial charge in [0, 0.05) is 29.5 Å². The van der Waals surface area contributed by atoms with Crippen LogP contribution in [0, 0.1) is 0 Å². The second kappa shape index (κ2) is 6.55. The van der Waals surface area contributed by atoms with Crippen molar-refractivity contribution in [2.45, 2.75) is 64.6 Å². The molecule has 1 fully saturated rings. The van der Waals surface area contributed by atoms with Gasteiger partial charge in [0.15, 0.2) is 0 Å². The maximum absolute atomic E-state index is 12.4. The Bertz CT molecular complexity index is 461. The number of carbonyl (C=O) groups excluding carboxylic acids is 2. The lowest BCUT2D eigenvalue weighted by Gasteiger charge is -2.53. The second-order valence-corrected chi connectivity index (χ2v) is 7.04. The number of hydrogen-bond donors (Lipinski definition) is 0. The van der Waals surface area contributed by atoms with Gasteiger partial charge in [0.2, 0.25) is 0 Å². The second-order valence-electron chi connectivity index (χ2n) is 7.04. The van der Waals surface area contributed by atoms with Gasteiger partial charge in [0.1, 0.15) is 12.7 Å². The Labute approximate surface area is 133 Å². The van der Waals surface area contributed by atoms with Gasteiger partial charge in [-0.3, -0.25) is 4.90 Å². The van der Waals surface area contributed by atoms with Crippen molar-refractivity contribution in [3.8, 4) is 0 Å². The van der Waals surface area contributed by atoms with E-state index in [-0.39, 0.29) is 24.8 Å². The van der Waals surface area contributed by atoms with Crippen molar-refractivity contribution in [1.82, 2.24) is 4.90 Å². The van der Waals surface area contributed by atoms with Crippen molar-refractivity contribution in [3.05, 3.63) is 24.8 Å². The molecule has 1 aliphatic heterocycles. The number of esters is 1. The molecule has 5 heteroatoms. The molecule has 0 radical (unpaired) electrons. The Hall–Kier alpha value is -1.78. The smallest absolute Gasteiger partial charge is 0.410 e. The van der Waals surface area contributed by atoms with Crippen LogP contribution in [0.3, 0.4) is 0 Å². The highest BCUT2D eigenvalue weighted by Crippen LogP contribution is 2.40. The molecule has 0 saturated carbocycles. The Morgan fingerprint density at radius 1 is 1.23 bits per heavy atom. The average Bonchev–Trinajstić information content (AvgIpc) is 2.32. The van der Waals surface area contributed by atoms with Gasteiger partial charge in [-0.2, -0.15) is 0 Å². The van der Waals surface area contributed by atoms with E-state index < -0.39 is 11.1 Å². The first-order chi connectivity index (χ1) is 10.0. The summed E-state index contributed by atoms with van der Waals surface area (Å²) in [6.45, 7) is 16.7. The fraction of sp³-hybridized carbons (Fsp3) is 0.647. The third-order valence-electron chi connectivity index (χ3n) is 3.79. The summed E-state index contributed by atoms with van der Waals surface area (Å²) in [6, 6.07) is 0. The van der Waals surface area contributed by atoms with Crippen molar-refractivity contribution in [2.24, 2.45) is 0 Å². The zero-order chi connectivity index (χ0) is 17.1. The first-order valence-corrected chi connectivity index (χ1v) is 7.46. The number of likely N-dealkylation sites (tertiary alicyclic amines) is 1. The molecule has 0 unspecified atom stereocenters. The summed E-state index contributed by atoms with van der Waals surface area (Å²) in [6.07, 6.45) is 2.02. The van der Waals surface area contributed by atoms with Crippen LogP contribution < -0.4 is 0 Å². The predicted octanol–water partition coefficient (Wildman–Crippen LogP) is 3.45. The van der Waals surface area contributed by atoms with Gasteiger partial charge in [-0.25, -0.2) is 9.59 Å². The maximum Gasteiger partial charge on any atom is 0.410 e. The normalized spacial score (nSPS) is 20.1. The summed E-state index contributed by atoms with van der Waals surface area (Å²) in [5.41, 5.74) is -0.594. The number of rotatable bonds is 4. The van der Waals surface area contributed by atoms with Gasteiger partial charge in [-0.05, 0) is 34.6 Å². The van der Waals surface area contributed by atoms with E-state index in [2.05, 4.69) is 13.2 Å². The van der Waals surface area contributed by atoms with Crippen LogP contribution in [0.15, 0.2) is 24.8 Å². The minimum absolute atomic E-state index is 0.176. The van der Waals surface area contributed by atoms with E-state index in [1.54, 1.807) is 17.9 Å². The summed E-state index contributed by atoms with van der Waals surface area (Å²) < 4.78 is 10.7. The molecule has 0 atom stereocenters. The van der Waals surface area contributed by atoms with Crippen LogP contribution in [-0.4, -0.2) is 40.8 Å². The molecule has 1 rings (SSSR count). The molecular weight excluding hydrogens is 282 g/mol. The number of carbonyl (C=O) groups is 2. The molecule has 124 valence electrons. The van der Waals surface area contributed by atoms with Crippen LogP contribution >= 0.6 is 0 Å². The van der Waals surface area contributed by atoms with Crippen LogP contribution in [-0.2, 0) is 14.3 Å². The molecule has 5 nitrogen and oxygen atoms in total. The van der Waals surface area contributed by atoms with Gasteiger partial charge in [-0.15, -0.1) is 0 Å². The van der Waals surface area contributed by atoms with Crippen molar-refractivity contribution in [2.75, 3.05) is 6.61 Å². The summed E-state index contributed by atoms with van der Waals surface area (Å²) in [7, 11) is 0. The topological polar surface area (TPSA) is 55.8 Å². The summed E-state index contributed by atoms with van der Waals surface area (Å²) in [5, 5.41) is 0. The Morgan fingerprint density at radius 3 is 2.14 bits per heavy atom. The molecular formula is C17H27NO4. The van der Waals surface area contributed by atoms with Crippen molar-refractivity contribution in [1.29, 1.82) is 0 Å². The van der Waals surface area contributed by atoms with Gasteiger partial charge in [-0.1, -0.05) is 19.2 Å². The molecule has 1 heterocycles. The minimum atomic E-state index is -0.486. The molecule has 0 bridgehead atoms. The largest absolute Gasteiger partial charge is 0.459 e. The van der Waals surface area contributed by atoms with E-state index in [1.165, 1.54) is 0 Å². The van der Waals surface area contributed by atoms with Crippen LogP contribution in [0.1, 0.15) is 47.5 Å². The van der Waals surface area contributed by atoms with Gasteiger partial charge in [0.05, 0.1) is 0 Å². The van der Waals surface area contributed by atoms with Crippen molar-refractivity contribution in [3.63, 3.8) is 0 Å². The molecule has 0 aliphatic carbocycles. The lowest BCUT2D eigenvalue weighted by molar-refractivity contribution is -0.153. The first-order valence-electron chi connectivity index (χ1n) is 7.46. The standard InChI is InChI=1S/C17H27NO4/c1-8-9-21-15(20)18-16(4,5)10-13(11-17(18,6)7)22-14(19)12(2)3/h8,13H,1-2,9-11H2,3-7H3. The molecule has 0 N–H and O–H groups in total. The third-order valence-corrected chi connectivity index (χ3v) is 3.79. The van der Waals surface area contributed by atoms with E-state index in [0.29, 0.717) is 18.4 Å². The molecule has 0 spiro atoms. The summed E-state index contributed by atoms with van der Waals surface area (Å²) in [4.78, 5) is 25.8. The third kappa shape index (κ3) is 4.12. The highest BCUT2D eigenvalue weighted by Gasteiger charge is 2.49. The minimum Gasteiger partial charge on any atom is -0.459 e. The van der Waals surface area contributed by atoms with E-state index in [0.717, 1.165) is 0 Å². The van der Waals surface area contributed by atoms with Gasteiger partial charge in [0.25, 0.3) is 0 Å². The van der Waals surface area contributed by atoms with Crippen molar-refractivity contribution >= 4 is 12.1 Å². The Kier molecular flexibility index (Phi) is 5.44. The summed E-state index contributed by atoms with van der Waals surface area (Å²) >= 11 is 0. The molecule has 0 aromatic carbocycles. The van der Waals surface area contributed by atoms with Crippen LogP contribution in [0.5, 0.6) is 0 Å². The fourth-order valence-corrected chi connectivity index (χ4v) is 3.21. The van der Waals surface area contributed by atoms with Crippen LogP contribution in [0.2, 0.25) is 0 Å². The number of nitrogens with zero attached hydrogens (tertiary/aromatic N) is 1. The van der Waals surface area contributed by atoms with E-state index in [9.17, 15) is 9.59 Å². The van der Waals surface area contributed by atoms with Gasteiger partial charge >= 0.3 is 12.1 Å². The Morgan fingerprint density at radius 2 is 1.73 bits per heavy atom. The maximum atomic E-state index is 12.4. The molecule has 1 amide bonds. The number of amides is 1. The quantitative estimate of drug-likeness (QED) is 0.453. The molecule has 1 saturated heterocycles. The number of ether oxygens (including phenoxy) is 2. The first kappa shape index (κ1) is 18.3. The SMILES string of the molecule is C=CCOC(=O)N1C(C)(C)CC(OC(=O)C(=C)C)CC1(C)C. The van der Waals surface area contributed by atoms with Crippen molar-refractivity contribution < 1.29 is 19.1 Å². The fourth-order valence-electron chi connectivity index (χ4n) is 3.21. The zero-order valence-electron chi connectivity index (χ0n) is 14.3. The van der Waals surface area contributed by atoms with Gasteiger partial charge < -0.3 is 9.47 Å². The molecule has 22 heavy (non-hydrogen) atoms. The molecule has 0 aromatic heterocycles. The Balaban J connectivity index is 2.93. The lowest BCUT2D eigenvalue weighted by atomic mass is 9.78. The monoisotopic (exact) mass is 309 g/mol. The average molecular weight is 309 g/mol.